The molecule has 1 aromatic rings. The number of aryl methyl sites for hydroxylation is 2. The summed E-state index contributed by atoms with van der Waals surface area (Å²) in [5, 5.41) is 11.9. The van der Waals surface area contributed by atoms with Gasteiger partial charge in [0.2, 0.25) is 0 Å². The number of nitrogens with one attached hydrogen (secondary N) is 1. The largest absolute Gasteiger partial charge is 0.310 e. The molecule has 0 saturated carbocycles. The Balaban J connectivity index is 2.91. The molecule has 0 spiro atoms. The lowest BCUT2D eigenvalue weighted by molar-refractivity contribution is 0.405. The zero-order chi connectivity index (χ0) is 12.8. The molecule has 1 rings (SSSR count). The number of nitrogens with zero attached hydrogens (tertiary/aromatic N) is 2. The van der Waals surface area contributed by atoms with Gasteiger partial charge in [-0.25, -0.2) is 0 Å². The third-order valence-electron chi connectivity index (χ3n) is 3.30. The Kier molecular flexibility index (Phi) is 5.56. The smallest absolute Gasteiger partial charge is 0.0648 e. The Hall–Kier alpha value is -0.960. The van der Waals surface area contributed by atoms with Crippen LogP contribution in [0.2, 0.25) is 0 Å². The molecule has 1 heterocycles. The van der Waals surface area contributed by atoms with Crippen LogP contribution in [0.15, 0.2) is 6.07 Å². The van der Waals surface area contributed by atoms with Crippen molar-refractivity contribution in [1.82, 2.24) is 15.5 Å². The highest BCUT2D eigenvalue weighted by Gasteiger charge is 2.16. The Morgan fingerprint density at radius 2 is 1.94 bits per heavy atom. The summed E-state index contributed by atoms with van der Waals surface area (Å²) in [6.45, 7) is 11.7. The van der Waals surface area contributed by atoms with Gasteiger partial charge in [0.25, 0.3) is 0 Å². The van der Waals surface area contributed by atoms with Crippen LogP contribution in [0.25, 0.3) is 0 Å². The fraction of sp³-hybridized carbons (Fsp3) is 0.714. The van der Waals surface area contributed by atoms with E-state index in [1.165, 1.54) is 12.0 Å². The van der Waals surface area contributed by atoms with Gasteiger partial charge >= 0.3 is 0 Å². The first-order valence-corrected chi connectivity index (χ1v) is 6.62. The van der Waals surface area contributed by atoms with Crippen molar-refractivity contribution in [3.8, 4) is 0 Å². The van der Waals surface area contributed by atoms with Gasteiger partial charge in [0.05, 0.1) is 11.4 Å². The van der Waals surface area contributed by atoms with Crippen molar-refractivity contribution in [3.63, 3.8) is 0 Å². The van der Waals surface area contributed by atoms with Crippen LogP contribution < -0.4 is 5.32 Å². The maximum absolute atomic E-state index is 4.22. The predicted molar refractivity (Wildman–Crippen MR) is 72.0 cm³/mol. The van der Waals surface area contributed by atoms with Gasteiger partial charge in [0.15, 0.2) is 0 Å². The summed E-state index contributed by atoms with van der Waals surface area (Å²) in [6.07, 6.45) is 2.38. The summed E-state index contributed by atoms with van der Waals surface area (Å²) in [7, 11) is 0. The molecule has 0 aliphatic rings. The summed E-state index contributed by atoms with van der Waals surface area (Å²) in [4.78, 5) is 0. The zero-order valence-electron chi connectivity index (χ0n) is 11.7. The number of aromatic nitrogens is 2. The van der Waals surface area contributed by atoms with E-state index in [0.717, 1.165) is 30.3 Å². The molecule has 96 valence electrons. The first-order valence-electron chi connectivity index (χ1n) is 6.62. The average molecular weight is 235 g/mol. The van der Waals surface area contributed by atoms with Crippen molar-refractivity contribution in [1.29, 1.82) is 0 Å². The van der Waals surface area contributed by atoms with E-state index < -0.39 is 0 Å². The van der Waals surface area contributed by atoms with Crippen LogP contribution in [0.3, 0.4) is 0 Å². The maximum atomic E-state index is 4.22. The van der Waals surface area contributed by atoms with Crippen molar-refractivity contribution in [2.24, 2.45) is 5.92 Å². The molecule has 0 fully saturated rings. The van der Waals surface area contributed by atoms with E-state index in [-0.39, 0.29) is 0 Å². The summed E-state index contributed by atoms with van der Waals surface area (Å²) in [5.41, 5.74) is 3.35. The lowest BCUT2D eigenvalue weighted by atomic mass is 9.93. The molecule has 0 radical (unpaired) electrons. The first kappa shape index (κ1) is 14.1. The van der Waals surface area contributed by atoms with Crippen LogP contribution in [0.4, 0.5) is 0 Å². The van der Waals surface area contributed by atoms with Crippen LogP contribution >= 0.6 is 0 Å². The Morgan fingerprint density at radius 3 is 2.53 bits per heavy atom. The highest BCUT2D eigenvalue weighted by molar-refractivity contribution is 5.23. The lowest BCUT2D eigenvalue weighted by Gasteiger charge is -2.22. The first-order chi connectivity index (χ1) is 8.08. The molecule has 0 bridgehead atoms. The van der Waals surface area contributed by atoms with Gasteiger partial charge in [-0.05, 0) is 44.4 Å². The van der Waals surface area contributed by atoms with E-state index in [2.05, 4.69) is 42.4 Å². The highest BCUT2D eigenvalue weighted by Crippen LogP contribution is 2.24. The standard InChI is InChI=1S/C14H25N3/c1-6-10(3)8-14(15-7-2)13-9-11(4)16-17-12(13)5/h9-10,14-15H,6-8H2,1-5H3. The lowest BCUT2D eigenvalue weighted by Crippen LogP contribution is -2.24. The predicted octanol–water partition coefficient (Wildman–Crippen LogP) is 3.18. The number of hydrogen-bond donors (Lipinski definition) is 1. The monoisotopic (exact) mass is 235 g/mol. The van der Waals surface area contributed by atoms with Crippen molar-refractivity contribution in [2.75, 3.05) is 6.54 Å². The van der Waals surface area contributed by atoms with Gasteiger partial charge in [-0.2, -0.15) is 10.2 Å². The van der Waals surface area contributed by atoms with Crippen molar-refractivity contribution >= 4 is 0 Å². The summed E-state index contributed by atoms with van der Waals surface area (Å²) >= 11 is 0. The Morgan fingerprint density at radius 1 is 1.24 bits per heavy atom. The van der Waals surface area contributed by atoms with Crippen LogP contribution in [0.5, 0.6) is 0 Å². The minimum atomic E-state index is 0.407. The van der Waals surface area contributed by atoms with Crippen LogP contribution in [0, 0.1) is 19.8 Å². The molecule has 0 amide bonds. The molecular weight excluding hydrogens is 210 g/mol. The molecule has 0 aliphatic heterocycles. The highest BCUT2D eigenvalue weighted by atomic mass is 15.1. The van der Waals surface area contributed by atoms with Crippen LogP contribution in [-0.4, -0.2) is 16.7 Å². The summed E-state index contributed by atoms with van der Waals surface area (Å²) in [5.74, 6) is 0.729. The fourth-order valence-corrected chi connectivity index (χ4v) is 2.06. The van der Waals surface area contributed by atoms with E-state index in [1.54, 1.807) is 0 Å². The van der Waals surface area contributed by atoms with E-state index in [4.69, 9.17) is 0 Å². The second-order valence-electron chi connectivity index (χ2n) is 4.89. The molecule has 0 saturated heterocycles. The van der Waals surface area contributed by atoms with Crippen molar-refractivity contribution < 1.29 is 0 Å². The van der Waals surface area contributed by atoms with Gasteiger partial charge < -0.3 is 5.32 Å². The second kappa shape index (κ2) is 6.70. The van der Waals surface area contributed by atoms with E-state index in [9.17, 15) is 0 Å². The molecule has 3 nitrogen and oxygen atoms in total. The average Bonchev–Trinajstić information content (AvgIpc) is 2.31. The molecule has 2 atom stereocenters. The number of rotatable bonds is 6. The molecule has 1 N–H and O–H groups in total. The SMILES string of the molecule is CCNC(CC(C)CC)c1cc(C)nnc1C. The van der Waals surface area contributed by atoms with E-state index >= 15 is 0 Å². The molecule has 3 heteroatoms. The van der Waals surface area contributed by atoms with Crippen LogP contribution in [-0.2, 0) is 0 Å². The van der Waals surface area contributed by atoms with E-state index in [1.807, 2.05) is 13.8 Å². The normalized spacial score (nSPS) is 14.6. The van der Waals surface area contributed by atoms with Gasteiger partial charge in [0.1, 0.15) is 0 Å². The Bertz CT molecular complexity index is 349. The van der Waals surface area contributed by atoms with Gasteiger partial charge in [0, 0.05) is 6.04 Å². The quantitative estimate of drug-likeness (QED) is 0.823. The third kappa shape index (κ3) is 4.08. The molecule has 0 aliphatic carbocycles. The van der Waals surface area contributed by atoms with Crippen LogP contribution in [0.1, 0.15) is 56.6 Å². The topological polar surface area (TPSA) is 37.8 Å². The molecule has 2 unspecified atom stereocenters. The molecule has 0 aromatic carbocycles. The molecule has 1 aromatic heterocycles. The third-order valence-corrected chi connectivity index (χ3v) is 3.30. The van der Waals surface area contributed by atoms with Gasteiger partial charge in [-0.15, -0.1) is 0 Å². The Labute approximate surface area is 105 Å². The van der Waals surface area contributed by atoms with Crippen molar-refractivity contribution in [2.45, 2.75) is 53.5 Å². The van der Waals surface area contributed by atoms with Crippen molar-refractivity contribution in [3.05, 3.63) is 23.0 Å². The summed E-state index contributed by atoms with van der Waals surface area (Å²) in [6, 6.07) is 2.57. The van der Waals surface area contributed by atoms with E-state index in [0.29, 0.717) is 6.04 Å². The van der Waals surface area contributed by atoms with Gasteiger partial charge in [-0.3, -0.25) is 0 Å². The summed E-state index contributed by atoms with van der Waals surface area (Å²) < 4.78 is 0. The fourth-order valence-electron chi connectivity index (χ4n) is 2.06. The maximum Gasteiger partial charge on any atom is 0.0648 e. The molecular formula is C14H25N3. The molecule has 17 heavy (non-hydrogen) atoms. The minimum Gasteiger partial charge on any atom is -0.310 e. The minimum absolute atomic E-state index is 0.407. The zero-order valence-corrected chi connectivity index (χ0v) is 11.7. The second-order valence-corrected chi connectivity index (χ2v) is 4.89. The van der Waals surface area contributed by atoms with Gasteiger partial charge in [-0.1, -0.05) is 27.2 Å². The number of hydrogen-bond acceptors (Lipinski definition) is 3.